The summed E-state index contributed by atoms with van der Waals surface area (Å²) in [5.41, 5.74) is 5.03. The molecule has 0 aromatic carbocycles. The number of piperidine rings is 1. The lowest BCUT2D eigenvalue weighted by atomic mass is 9.74. The van der Waals surface area contributed by atoms with Crippen LogP contribution in [0, 0.1) is 11.3 Å². The SMILES string of the molecule is CC1(C)C(C(N)=O)C(=O)N2CCCCC21. The van der Waals surface area contributed by atoms with Gasteiger partial charge in [0.2, 0.25) is 11.8 Å². The number of rotatable bonds is 1. The highest BCUT2D eigenvalue weighted by Crippen LogP contribution is 2.45. The summed E-state index contributed by atoms with van der Waals surface area (Å²) in [6.45, 7) is 4.75. The summed E-state index contributed by atoms with van der Waals surface area (Å²) in [5, 5.41) is 0. The Morgan fingerprint density at radius 2 is 2.13 bits per heavy atom. The van der Waals surface area contributed by atoms with E-state index in [9.17, 15) is 9.59 Å². The summed E-state index contributed by atoms with van der Waals surface area (Å²) >= 11 is 0. The standard InChI is InChI=1S/C11H18N2O2/c1-11(2)7-5-3-4-6-13(7)10(15)8(11)9(12)14/h7-8H,3-6H2,1-2H3,(H2,12,14). The minimum Gasteiger partial charge on any atom is -0.369 e. The molecular weight excluding hydrogens is 192 g/mol. The van der Waals surface area contributed by atoms with Crippen molar-refractivity contribution >= 4 is 11.8 Å². The van der Waals surface area contributed by atoms with Crippen molar-refractivity contribution in [3.8, 4) is 0 Å². The number of hydrogen-bond donors (Lipinski definition) is 1. The Kier molecular flexibility index (Phi) is 2.24. The number of amides is 2. The maximum atomic E-state index is 12.0. The molecule has 15 heavy (non-hydrogen) atoms. The third-order valence-corrected chi connectivity index (χ3v) is 3.92. The predicted octanol–water partition coefficient (Wildman–Crippen LogP) is 0.509. The molecule has 0 spiro atoms. The Bertz CT molecular complexity index is 312. The number of hydrogen-bond acceptors (Lipinski definition) is 2. The molecule has 2 saturated heterocycles. The van der Waals surface area contributed by atoms with Gasteiger partial charge < -0.3 is 10.6 Å². The molecule has 2 N–H and O–H groups in total. The van der Waals surface area contributed by atoms with Gasteiger partial charge in [0.25, 0.3) is 0 Å². The van der Waals surface area contributed by atoms with Crippen molar-refractivity contribution in [2.75, 3.05) is 6.54 Å². The highest BCUT2D eigenvalue weighted by Gasteiger charge is 2.56. The fraction of sp³-hybridized carbons (Fsp3) is 0.818. The molecule has 4 nitrogen and oxygen atoms in total. The van der Waals surface area contributed by atoms with E-state index in [0.717, 1.165) is 25.8 Å². The van der Waals surface area contributed by atoms with Crippen molar-refractivity contribution in [2.24, 2.45) is 17.1 Å². The van der Waals surface area contributed by atoms with Crippen LogP contribution >= 0.6 is 0 Å². The molecule has 4 heteroatoms. The molecule has 2 heterocycles. The van der Waals surface area contributed by atoms with Gasteiger partial charge in [-0.25, -0.2) is 0 Å². The zero-order valence-electron chi connectivity index (χ0n) is 9.32. The van der Waals surface area contributed by atoms with Crippen molar-refractivity contribution in [3.63, 3.8) is 0 Å². The maximum absolute atomic E-state index is 12.0. The van der Waals surface area contributed by atoms with E-state index in [2.05, 4.69) is 0 Å². The molecule has 2 atom stereocenters. The van der Waals surface area contributed by atoms with Gasteiger partial charge in [0, 0.05) is 18.0 Å². The molecule has 0 radical (unpaired) electrons. The molecule has 2 amide bonds. The highest BCUT2D eigenvalue weighted by atomic mass is 16.2. The zero-order chi connectivity index (χ0) is 11.2. The summed E-state index contributed by atoms with van der Waals surface area (Å²) < 4.78 is 0. The lowest BCUT2D eigenvalue weighted by Gasteiger charge is -2.36. The topological polar surface area (TPSA) is 63.4 Å². The predicted molar refractivity (Wildman–Crippen MR) is 55.8 cm³/mol. The van der Waals surface area contributed by atoms with Crippen molar-refractivity contribution in [2.45, 2.75) is 39.2 Å². The normalized spacial score (nSPS) is 34.0. The van der Waals surface area contributed by atoms with Crippen LogP contribution < -0.4 is 5.73 Å². The fourth-order valence-corrected chi connectivity index (χ4v) is 3.13. The molecule has 0 aromatic heterocycles. The van der Waals surface area contributed by atoms with Crippen molar-refractivity contribution in [3.05, 3.63) is 0 Å². The van der Waals surface area contributed by atoms with E-state index in [1.54, 1.807) is 0 Å². The van der Waals surface area contributed by atoms with Crippen molar-refractivity contribution < 1.29 is 9.59 Å². The second-order valence-electron chi connectivity index (χ2n) is 5.20. The van der Waals surface area contributed by atoms with Crippen LogP contribution in [0.4, 0.5) is 0 Å². The van der Waals surface area contributed by atoms with E-state index in [1.807, 2.05) is 18.7 Å². The van der Waals surface area contributed by atoms with E-state index in [1.165, 1.54) is 0 Å². The lowest BCUT2D eigenvalue weighted by Crippen LogP contribution is -2.42. The van der Waals surface area contributed by atoms with Gasteiger partial charge in [-0.2, -0.15) is 0 Å². The minimum atomic E-state index is -0.624. The van der Waals surface area contributed by atoms with Gasteiger partial charge in [-0.05, 0) is 19.3 Å². The molecule has 2 fully saturated rings. The van der Waals surface area contributed by atoms with Crippen molar-refractivity contribution in [1.82, 2.24) is 4.90 Å². The molecule has 0 bridgehead atoms. The summed E-state index contributed by atoms with van der Waals surface area (Å²) in [4.78, 5) is 25.2. The van der Waals surface area contributed by atoms with E-state index >= 15 is 0 Å². The Morgan fingerprint density at radius 1 is 1.47 bits per heavy atom. The Balaban J connectivity index is 2.36. The number of primary amides is 1. The summed E-state index contributed by atoms with van der Waals surface area (Å²) in [6.07, 6.45) is 3.19. The molecule has 2 aliphatic heterocycles. The minimum absolute atomic E-state index is 0.0581. The monoisotopic (exact) mass is 210 g/mol. The van der Waals surface area contributed by atoms with Crippen LogP contribution in [-0.4, -0.2) is 29.3 Å². The third kappa shape index (κ3) is 1.34. The van der Waals surface area contributed by atoms with E-state index in [4.69, 9.17) is 5.73 Å². The molecular formula is C11H18N2O2. The molecule has 2 rings (SSSR count). The van der Waals surface area contributed by atoms with E-state index < -0.39 is 11.8 Å². The zero-order valence-corrected chi connectivity index (χ0v) is 9.32. The third-order valence-electron chi connectivity index (χ3n) is 3.92. The first kappa shape index (κ1) is 10.5. The Labute approximate surface area is 89.8 Å². The van der Waals surface area contributed by atoms with Crippen LogP contribution in [0.25, 0.3) is 0 Å². The fourth-order valence-electron chi connectivity index (χ4n) is 3.13. The average Bonchev–Trinajstić information content (AvgIpc) is 2.36. The quantitative estimate of drug-likeness (QED) is 0.641. The number of nitrogens with two attached hydrogens (primary N) is 1. The van der Waals surface area contributed by atoms with Crippen LogP contribution in [0.1, 0.15) is 33.1 Å². The number of carbonyl (C=O) groups excluding carboxylic acids is 2. The van der Waals surface area contributed by atoms with E-state index in [-0.39, 0.29) is 17.4 Å². The molecule has 0 aliphatic carbocycles. The largest absolute Gasteiger partial charge is 0.369 e. The van der Waals surface area contributed by atoms with Crippen LogP contribution in [-0.2, 0) is 9.59 Å². The van der Waals surface area contributed by atoms with Crippen LogP contribution in [0.2, 0.25) is 0 Å². The Morgan fingerprint density at radius 3 is 2.67 bits per heavy atom. The Hall–Kier alpha value is -1.06. The second kappa shape index (κ2) is 3.22. The van der Waals surface area contributed by atoms with Crippen LogP contribution in [0.15, 0.2) is 0 Å². The van der Waals surface area contributed by atoms with Gasteiger partial charge in [-0.3, -0.25) is 9.59 Å². The first-order valence-electron chi connectivity index (χ1n) is 5.56. The molecule has 2 aliphatic rings. The van der Waals surface area contributed by atoms with Gasteiger partial charge in [0.05, 0.1) is 0 Å². The van der Waals surface area contributed by atoms with E-state index in [0.29, 0.717) is 0 Å². The van der Waals surface area contributed by atoms with Gasteiger partial charge >= 0.3 is 0 Å². The van der Waals surface area contributed by atoms with Gasteiger partial charge in [0.1, 0.15) is 5.92 Å². The molecule has 0 aromatic rings. The van der Waals surface area contributed by atoms with Gasteiger partial charge in [0.15, 0.2) is 0 Å². The first-order chi connectivity index (χ1) is 6.96. The smallest absolute Gasteiger partial charge is 0.236 e. The van der Waals surface area contributed by atoms with Gasteiger partial charge in [-0.1, -0.05) is 13.8 Å². The van der Waals surface area contributed by atoms with Crippen LogP contribution in [0.3, 0.4) is 0 Å². The maximum Gasteiger partial charge on any atom is 0.236 e. The molecule has 84 valence electrons. The summed E-state index contributed by atoms with van der Waals surface area (Å²) in [7, 11) is 0. The van der Waals surface area contributed by atoms with Crippen molar-refractivity contribution in [1.29, 1.82) is 0 Å². The summed E-state index contributed by atoms with van der Waals surface area (Å²) in [6, 6.07) is 0.205. The molecule has 2 unspecified atom stereocenters. The number of nitrogens with zero attached hydrogens (tertiary/aromatic N) is 1. The first-order valence-corrected chi connectivity index (χ1v) is 5.56. The van der Waals surface area contributed by atoms with Gasteiger partial charge in [-0.15, -0.1) is 0 Å². The van der Waals surface area contributed by atoms with Crippen LogP contribution in [0.5, 0.6) is 0 Å². The number of fused-ring (bicyclic) bond motifs is 1. The lowest BCUT2D eigenvalue weighted by molar-refractivity contribution is -0.138. The molecule has 0 saturated carbocycles. The second-order valence-corrected chi connectivity index (χ2v) is 5.20. The average molecular weight is 210 g/mol. The number of carbonyl (C=O) groups is 2. The summed E-state index contributed by atoms with van der Waals surface area (Å²) in [5.74, 6) is -1.16. The highest BCUT2D eigenvalue weighted by molar-refractivity contribution is 6.02.